The van der Waals surface area contributed by atoms with Crippen LogP contribution in [0.15, 0.2) is 18.2 Å². The second kappa shape index (κ2) is 6.71. The summed E-state index contributed by atoms with van der Waals surface area (Å²) in [6.07, 6.45) is 1.41. The lowest BCUT2D eigenvalue weighted by Gasteiger charge is -2.23. The summed E-state index contributed by atoms with van der Waals surface area (Å²) in [6, 6.07) is 4.59. The largest absolute Gasteiger partial charge is 0.324 e. The Balaban J connectivity index is 0.00000289. The van der Waals surface area contributed by atoms with Gasteiger partial charge < -0.3 is 11.1 Å². The Kier molecular flexibility index (Phi) is 6.29. The number of nitrogens with one attached hydrogen (secondary N) is 1. The van der Waals surface area contributed by atoms with E-state index < -0.39 is 5.54 Å². The lowest BCUT2D eigenvalue weighted by Crippen LogP contribution is -2.48. The van der Waals surface area contributed by atoms with E-state index in [1.54, 1.807) is 26.0 Å². The summed E-state index contributed by atoms with van der Waals surface area (Å²) in [5, 5.41) is 2.67. The van der Waals surface area contributed by atoms with E-state index in [1.165, 1.54) is 6.07 Å². The summed E-state index contributed by atoms with van der Waals surface area (Å²) >= 11 is 0. The van der Waals surface area contributed by atoms with Crippen molar-refractivity contribution in [3.63, 3.8) is 0 Å². The monoisotopic (exact) mass is 274 g/mol. The van der Waals surface area contributed by atoms with Crippen molar-refractivity contribution in [3.8, 4) is 0 Å². The lowest BCUT2D eigenvalue weighted by molar-refractivity contribution is -0.120. The molecule has 0 saturated carbocycles. The molecule has 0 aliphatic carbocycles. The van der Waals surface area contributed by atoms with E-state index in [-0.39, 0.29) is 24.1 Å². The zero-order valence-corrected chi connectivity index (χ0v) is 11.7. The van der Waals surface area contributed by atoms with Gasteiger partial charge in [0.25, 0.3) is 0 Å². The Labute approximate surface area is 113 Å². The van der Waals surface area contributed by atoms with Crippen LogP contribution in [-0.2, 0) is 4.79 Å². The molecule has 0 spiro atoms. The third-order valence-corrected chi connectivity index (χ3v) is 2.80. The Morgan fingerprint density at radius 2 is 2.11 bits per heavy atom. The highest BCUT2D eigenvalue weighted by molar-refractivity contribution is 5.98. The SMILES string of the molecule is CCCC(C)(N)C(=O)Nc1cccc(F)c1C.Cl. The molecule has 1 aromatic rings. The van der Waals surface area contributed by atoms with Gasteiger partial charge in [0.2, 0.25) is 5.91 Å². The van der Waals surface area contributed by atoms with Crippen LogP contribution in [-0.4, -0.2) is 11.4 Å². The summed E-state index contributed by atoms with van der Waals surface area (Å²) < 4.78 is 13.3. The molecule has 0 fully saturated rings. The maximum Gasteiger partial charge on any atom is 0.244 e. The van der Waals surface area contributed by atoms with Gasteiger partial charge in [0.15, 0.2) is 0 Å². The van der Waals surface area contributed by atoms with Crippen molar-refractivity contribution in [3.05, 3.63) is 29.6 Å². The highest BCUT2D eigenvalue weighted by Gasteiger charge is 2.27. The smallest absolute Gasteiger partial charge is 0.244 e. The van der Waals surface area contributed by atoms with E-state index in [1.807, 2.05) is 6.92 Å². The first-order chi connectivity index (χ1) is 7.88. The average molecular weight is 275 g/mol. The van der Waals surface area contributed by atoms with Crippen LogP contribution in [0.2, 0.25) is 0 Å². The number of carbonyl (C=O) groups excluding carboxylic acids is 1. The fourth-order valence-corrected chi connectivity index (χ4v) is 1.64. The van der Waals surface area contributed by atoms with Crippen LogP contribution in [0.4, 0.5) is 10.1 Å². The molecule has 0 aromatic heterocycles. The lowest BCUT2D eigenvalue weighted by atomic mass is 9.96. The zero-order valence-electron chi connectivity index (χ0n) is 10.9. The molecule has 5 heteroatoms. The van der Waals surface area contributed by atoms with Gasteiger partial charge in [-0.05, 0) is 32.4 Å². The van der Waals surface area contributed by atoms with E-state index in [4.69, 9.17) is 5.73 Å². The van der Waals surface area contributed by atoms with Crippen molar-refractivity contribution in [2.45, 2.75) is 39.2 Å². The van der Waals surface area contributed by atoms with Crippen molar-refractivity contribution in [2.24, 2.45) is 5.73 Å². The first kappa shape index (κ1) is 16.9. The second-order valence-electron chi connectivity index (χ2n) is 4.53. The molecule has 0 bridgehead atoms. The number of hydrogen-bond acceptors (Lipinski definition) is 2. The van der Waals surface area contributed by atoms with Crippen LogP contribution in [0, 0.1) is 12.7 Å². The van der Waals surface area contributed by atoms with E-state index in [9.17, 15) is 9.18 Å². The van der Waals surface area contributed by atoms with Crippen LogP contribution in [0.1, 0.15) is 32.3 Å². The molecule has 1 atom stereocenters. The van der Waals surface area contributed by atoms with Gasteiger partial charge in [0.05, 0.1) is 5.54 Å². The highest BCUT2D eigenvalue weighted by atomic mass is 35.5. The fourth-order valence-electron chi connectivity index (χ4n) is 1.64. The molecule has 0 saturated heterocycles. The van der Waals surface area contributed by atoms with Crippen LogP contribution >= 0.6 is 12.4 Å². The van der Waals surface area contributed by atoms with Crippen LogP contribution in [0.25, 0.3) is 0 Å². The maximum atomic E-state index is 13.3. The van der Waals surface area contributed by atoms with Crippen molar-refractivity contribution in [1.82, 2.24) is 0 Å². The average Bonchev–Trinajstić information content (AvgIpc) is 2.24. The van der Waals surface area contributed by atoms with E-state index in [0.717, 1.165) is 6.42 Å². The molecule has 0 aliphatic heterocycles. The molecular formula is C13H20ClFN2O. The van der Waals surface area contributed by atoms with Crippen molar-refractivity contribution >= 4 is 24.0 Å². The molecule has 1 rings (SSSR count). The molecule has 0 aliphatic rings. The standard InChI is InChI=1S/C13H19FN2O.ClH/c1-4-8-13(3,15)12(17)16-11-7-5-6-10(14)9(11)2;/h5-7H,4,8,15H2,1-3H3,(H,16,17);1H. The van der Waals surface area contributed by atoms with Crippen LogP contribution in [0.5, 0.6) is 0 Å². The summed E-state index contributed by atoms with van der Waals surface area (Å²) in [5.41, 5.74) is 5.88. The third-order valence-electron chi connectivity index (χ3n) is 2.80. The van der Waals surface area contributed by atoms with Gasteiger partial charge in [0.1, 0.15) is 5.82 Å². The minimum Gasteiger partial charge on any atom is -0.324 e. The van der Waals surface area contributed by atoms with E-state index >= 15 is 0 Å². The zero-order chi connectivity index (χ0) is 13.1. The number of benzene rings is 1. The van der Waals surface area contributed by atoms with Gasteiger partial charge >= 0.3 is 0 Å². The van der Waals surface area contributed by atoms with Crippen molar-refractivity contribution in [1.29, 1.82) is 0 Å². The van der Waals surface area contributed by atoms with Crippen molar-refractivity contribution < 1.29 is 9.18 Å². The summed E-state index contributed by atoms with van der Waals surface area (Å²) in [6.45, 7) is 5.27. The Morgan fingerprint density at radius 1 is 1.50 bits per heavy atom. The third kappa shape index (κ3) is 3.96. The molecule has 0 heterocycles. The first-order valence-corrected chi connectivity index (χ1v) is 5.74. The molecule has 18 heavy (non-hydrogen) atoms. The number of hydrogen-bond donors (Lipinski definition) is 2. The highest BCUT2D eigenvalue weighted by Crippen LogP contribution is 2.19. The molecular weight excluding hydrogens is 255 g/mol. The van der Waals surface area contributed by atoms with E-state index in [0.29, 0.717) is 17.7 Å². The number of nitrogens with two attached hydrogens (primary N) is 1. The maximum absolute atomic E-state index is 13.3. The van der Waals surface area contributed by atoms with Gasteiger partial charge in [-0.1, -0.05) is 19.4 Å². The normalized spacial score (nSPS) is 13.4. The number of halogens is 2. The fraction of sp³-hybridized carbons (Fsp3) is 0.462. The van der Waals surface area contributed by atoms with Gasteiger partial charge in [-0.15, -0.1) is 12.4 Å². The molecule has 0 radical (unpaired) electrons. The molecule has 3 N–H and O–H groups in total. The molecule has 102 valence electrons. The summed E-state index contributed by atoms with van der Waals surface area (Å²) in [4.78, 5) is 11.9. The Bertz CT molecular complexity index is 421. The quantitative estimate of drug-likeness (QED) is 0.887. The Morgan fingerprint density at radius 3 is 2.67 bits per heavy atom. The second-order valence-corrected chi connectivity index (χ2v) is 4.53. The Hall–Kier alpha value is -1.13. The predicted molar refractivity (Wildman–Crippen MR) is 74.5 cm³/mol. The number of carbonyl (C=O) groups is 1. The van der Waals surface area contributed by atoms with Gasteiger partial charge in [-0.3, -0.25) is 4.79 Å². The molecule has 3 nitrogen and oxygen atoms in total. The number of anilines is 1. The predicted octanol–water partition coefficient (Wildman–Crippen LogP) is 3.01. The van der Waals surface area contributed by atoms with E-state index in [2.05, 4.69) is 5.32 Å². The van der Waals surface area contributed by atoms with Crippen molar-refractivity contribution in [2.75, 3.05) is 5.32 Å². The summed E-state index contributed by atoms with van der Waals surface area (Å²) in [7, 11) is 0. The van der Waals surface area contributed by atoms with Crippen LogP contribution in [0.3, 0.4) is 0 Å². The molecule has 1 unspecified atom stereocenters. The van der Waals surface area contributed by atoms with Gasteiger partial charge in [0, 0.05) is 11.3 Å². The topological polar surface area (TPSA) is 55.1 Å². The number of rotatable bonds is 4. The first-order valence-electron chi connectivity index (χ1n) is 5.74. The molecule has 1 amide bonds. The minimum absolute atomic E-state index is 0. The molecule has 1 aromatic carbocycles. The van der Waals surface area contributed by atoms with Crippen LogP contribution < -0.4 is 11.1 Å². The van der Waals surface area contributed by atoms with Gasteiger partial charge in [-0.2, -0.15) is 0 Å². The minimum atomic E-state index is -0.923. The summed E-state index contributed by atoms with van der Waals surface area (Å²) in [5.74, 6) is -0.620. The van der Waals surface area contributed by atoms with Gasteiger partial charge in [-0.25, -0.2) is 4.39 Å². The number of amides is 1.